The SMILES string of the molecule is CCCCn1[nH]c(C(C)(C)C)c(C=C=C2SCCN2C)c1=O. The zero-order valence-electron chi connectivity index (χ0n) is 14.3. The molecule has 22 heavy (non-hydrogen) atoms. The zero-order chi connectivity index (χ0) is 16.3. The van der Waals surface area contributed by atoms with Crippen LogP contribution in [0.3, 0.4) is 0 Å². The Balaban J connectivity index is 2.47. The Bertz CT molecular complexity index is 642. The maximum atomic E-state index is 12.7. The Labute approximate surface area is 137 Å². The molecule has 122 valence electrons. The summed E-state index contributed by atoms with van der Waals surface area (Å²) in [5, 5.41) is 4.43. The molecule has 0 spiro atoms. The maximum Gasteiger partial charge on any atom is 0.274 e. The molecule has 0 bridgehead atoms. The van der Waals surface area contributed by atoms with E-state index in [-0.39, 0.29) is 11.0 Å². The zero-order valence-corrected chi connectivity index (χ0v) is 15.1. The lowest BCUT2D eigenvalue weighted by Crippen LogP contribution is -2.17. The summed E-state index contributed by atoms with van der Waals surface area (Å²) in [5.41, 5.74) is 5.03. The van der Waals surface area contributed by atoms with Crippen LogP contribution >= 0.6 is 11.8 Å². The molecule has 1 saturated heterocycles. The summed E-state index contributed by atoms with van der Waals surface area (Å²) < 4.78 is 1.74. The van der Waals surface area contributed by atoms with Crippen molar-refractivity contribution in [2.45, 2.75) is 52.5 Å². The van der Waals surface area contributed by atoms with Crippen LogP contribution in [-0.4, -0.2) is 34.0 Å². The van der Waals surface area contributed by atoms with Gasteiger partial charge in [-0.15, -0.1) is 0 Å². The summed E-state index contributed by atoms with van der Waals surface area (Å²) in [6.07, 6.45) is 3.95. The third-order valence-corrected chi connectivity index (χ3v) is 4.92. The van der Waals surface area contributed by atoms with E-state index < -0.39 is 0 Å². The van der Waals surface area contributed by atoms with Crippen LogP contribution in [0, 0.1) is 0 Å². The standard InChI is InChI=1S/C17H27N3OS/c1-6-7-10-20-16(21)13(15(18-20)17(2,3)4)8-9-14-19(5)11-12-22-14/h8,18H,6-7,10-12H2,1-5H3. The van der Waals surface area contributed by atoms with Gasteiger partial charge in [0.2, 0.25) is 0 Å². The number of hydrogen-bond acceptors (Lipinski definition) is 3. The highest BCUT2D eigenvalue weighted by Crippen LogP contribution is 2.26. The number of unbranched alkanes of at least 4 members (excludes halogenated alkanes) is 1. The van der Waals surface area contributed by atoms with Crippen molar-refractivity contribution in [1.82, 2.24) is 14.7 Å². The molecule has 1 fully saturated rings. The molecule has 0 unspecified atom stereocenters. The normalized spacial score (nSPS) is 15.3. The second-order valence-electron chi connectivity index (χ2n) is 6.82. The average Bonchev–Trinajstić information content (AvgIpc) is 2.98. The highest BCUT2D eigenvalue weighted by molar-refractivity contribution is 8.03. The number of hydrogen-bond donors (Lipinski definition) is 1. The minimum atomic E-state index is -0.0937. The van der Waals surface area contributed by atoms with E-state index >= 15 is 0 Å². The molecule has 0 saturated carbocycles. The average molecular weight is 321 g/mol. The molecule has 0 atom stereocenters. The van der Waals surface area contributed by atoms with E-state index in [1.54, 1.807) is 16.4 Å². The molecule has 1 aliphatic heterocycles. The van der Waals surface area contributed by atoms with Crippen LogP contribution in [0.5, 0.6) is 0 Å². The van der Waals surface area contributed by atoms with E-state index in [1.807, 2.05) is 6.08 Å². The molecule has 0 amide bonds. The first kappa shape index (κ1) is 17.0. The van der Waals surface area contributed by atoms with Crippen molar-refractivity contribution in [3.8, 4) is 0 Å². The lowest BCUT2D eigenvalue weighted by Gasteiger charge is -2.17. The van der Waals surface area contributed by atoms with Gasteiger partial charge in [-0.2, -0.15) is 0 Å². The summed E-state index contributed by atoms with van der Waals surface area (Å²) in [6.45, 7) is 10.3. The lowest BCUT2D eigenvalue weighted by molar-refractivity contribution is 0.494. The van der Waals surface area contributed by atoms with Gasteiger partial charge in [-0.1, -0.05) is 51.6 Å². The van der Waals surface area contributed by atoms with Gasteiger partial charge in [0.25, 0.3) is 5.56 Å². The minimum Gasteiger partial charge on any atom is -0.362 e. The predicted octanol–water partition coefficient (Wildman–Crippen LogP) is 3.41. The molecule has 1 aromatic rings. The molecular weight excluding hydrogens is 294 g/mol. The second-order valence-corrected chi connectivity index (χ2v) is 7.91. The summed E-state index contributed by atoms with van der Waals surface area (Å²) in [7, 11) is 2.07. The van der Waals surface area contributed by atoms with Gasteiger partial charge in [-0.25, -0.2) is 0 Å². The summed E-state index contributed by atoms with van der Waals surface area (Å²) in [5.74, 6) is 1.09. The largest absolute Gasteiger partial charge is 0.362 e. The van der Waals surface area contributed by atoms with E-state index in [0.29, 0.717) is 0 Å². The van der Waals surface area contributed by atoms with Gasteiger partial charge in [-0.3, -0.25) is 14.6 Å². The molecule has 5 heteroatoms. The lowest BCUT2D eigenvalue weighted by atomic mass is 9.89. The van der Waals surface area contributed by atoms with Crippen molar-refractivity contribution in [1.29, 1.82) is 0 Å². The number of aromatic nitrogens is 2. The summed E-state index contributed by atoms with van der Waals surface area (Å²) in [4.78, 5) is 14.8. The van der Waals surface area contributed by atoms with Gasteiger partial charge < -0.3 is 4.90 Å². The number of thioether (sulfide) groups is 1. The van der Waals surface area contributed by atoms with Crippen molar-refractivity contribution in [2.75, 3.05) is 19.3 Å². The van der Waals surface area contributed by atoms with Gasteiger partial charge in [0, 0.05) is 31.3 Å². The topological polar surface area (TPSA) is 41.0 Å². The Morgan fingerprint density at radius 1 is 1.41 bits per heavy atom. The van der Waals surface area contributed by atoms with Gasteiger partial charge in [0.1, 0.15) is 5.03 Å². The fraction of sp³-hybridized carbons (Fsp3) is 0.647. The minimum absolute atomic E-state index is 0.0668. The first-order valence-corrected chi connectivity index (χ1v) is 8.97. The Hall–Kier alpha value is -1.32. The molecule has 1 aliphatic rings. The fourth-order valence-corrected chi connectivity index (χ4v) is 3.47. The number of rotatable bonds is 4. The van der Waals surface area contributed by atoms with Gasteiger partial charge in [0.15, 0.2) is 0 Å². The number of aryl methyl sites for hydroxylation is 1. The summed E-state index contributed by atoms with van der Waals surface area (Å²) in [6, 6.07) is 0. The molecule has 1 N–H and O–H groups in total. The van der Waals surface area contributed by atoms with Crippen LogP contribution in [0.2, 0.25) is 0 Å². The highest BCUT2D eigenvalue weighted by atomic mass is 32.2. The van der Waals surface area contributed by atoms with Crippen LogP contribution in [0.15, 0.2) is 15.6 Å². The molecular formula is C17H27N3OS. The molecule has 2 heterocycles. The van der Waals surface area contributed by atoms with Crippen LogP contribution < -0.4 is 5.56 Å². The van der Waals surface area contributed by atoms with Crippen molar-refractivity contribution < 1.29 is 0 Å². The van der Waals surface area contributed by atoms with E-state index in [9.17, 15) is 4.79 Å². The van der Waals surface area contributed by atoms with Crippen molar-refractivity contribution in [2.24, 2.45) is 0 Å². The second kappa shape index (κ2) is 6.84. The number of H-pyrrole nitrogens is 1. The van der Waals surface area contributed by atoms with E-state index in [4.69, 9.17) is 0 Å². The molecule has 2 rings (SSSR count). The van der Waals surface area contributed by atoms with Gasteiger partial charge in [0.05, 0.1) is 11.3 Å². The molecule has 4 nitrogen and oxygen atoms in total. The van der Waals surface area contributed by atoms with Crippen molar-refractivity contribution in [3.05, 3.63) is 32.4 Å². The Kier molecular flexibility index (Phi) is 5.30. The first-order valence-electron chi connectivity index (χ1n) is 7.98. The van der Waals surface area contributed by atoms with Crippen molar-refractivity contribution >= 4 is 17.8 Å². The molecule has 1 aromatic heterocycles. The quantitative estimate of drug-likeness (QED) is 0.864. The fourth-order valence-electron chi connectivity index (χ4n) is 2.45. The Morgan fingerprint density at radius 2 is 2.14 bits per heavy atom. The molecule has 0 aromatic carbocycles. The van der Waals surface area contributed by atoms with Gasteiger partial charge >= 0.3 is 0 Å². The van der Waals surface area contributed by atoms with Crippen LogP contribution in [0.4, 0.5) is 0 Å². The predicted molar refractivity (Wildman–Crippen MR) is 95.2 cm³/mol. The number of nitrogens with zero attached hydrogens (tertiary/aromatic N) is 2. The van der Waals surface area contributed by atoms with E-state index in [2.05, 4.69) is 50.5 Å². The van der Waals surface area contributed by atoms with Gasteiger partial charge in [-0.05, 0) is 12.5 Å². The monoisotopic (exact) mass is 321 g/mol. The third-order valence-electron chi connectivity index (χ3n) is 3.83. The first-order chi connectivity index (χ1) is 10.3. The van der Waals surface area contributed by atoms with Crippen LogP contribution in [-0.2, 0) is 12.0 Å². The van der Waals surface area contributed by atoms with E-state index in [0.717, 1.165) is 48.0 Å². The Morgan fingerprint density at radius 3 is 2.68 bits per heavy atom. The maximum absolute atomic E-state index is 12.7. The van der Waals surface area contributed by atoms with Crippen LogP contribution in [0.1, 0.15) is 51.8 Å². The summed E-state index contributed by atoms with van der Waals surface area (Å²) >= 11 is 1.79. The highest BCUT2D eigenvalue weighted by Gasteiger charge is 2.23. The smallest absolute Gasteiger partial charge is 0.274 e. The number of aromatic amines is 1. The number of nitrogens with one attached hydrogen (secondary N) is 1. The third kappa shape index (κ3) is 3.71. The molecule has 0 aliphatic carbocycles. The molecule has 0 radical (unpaired) electrons. The van der Waals surface area contributed by atoms with Crippen molar-refractivity contribution in [3.63, 3.8) is 0 Å². The van der Waals surface area contributed by atoms with E-state index in [1.165, 1.54) is 0 Å². The van der Waals surface area contributed by atoms with Crippen LogP contribution in [0.25, 0.3) is 6.08 Å².